The third-order valence-electron chi connectivity index (χ3n) is 12.4. The van der Waals surface area contributed by atoms with Gasteiger partial charge in [0.1, 0.15) is 13.2 Å². The first-order valence-electron chi connectivity index (χ1n) is 29.1. The van der Waals surface area contributed by atoms with E-state index in [0.717, 1.165) is 116 Å². The molecule has 0 spiro atoms. The second kappa shape index (κ2) is 57.2. The van der Waals surface area contributed by atoms with E-state index in [4.69, 9.17) is 14.2 Å². The van der Waals surface area contributed by atoms with Crippen molar-refractivity contribution in [2.24, 2.45) is 0 Å². The quantitative estimate of drug-likeness (QED) is 0.0262. The molecule has 0 saturated carbocycles. The van der Waals surface area contributed by atoms with Gasteiger partial charge in [-0.3, -0.25) is 14.4 Å². The standard InChI is InChI=1S/C63H108O6/c1-4-7-10-13-16-19-22-24-26-28-29-30-31-32-33-35-36-38-41-44-47-50-53-56-62(65)68-59-60(58-67-61(64)55-52-49-46-43-40-21-18-15-12-9-6-3)69-63(66)57-54-51-48-45-42-39-37-34-27-25-23-20-17-14-11-8-5-2/h8,11,17,20,22,24-25,27-29,31-32,37,39,60H,4-7,9-10,12-16,18-19,21,23,26,30,33-36,38,40-59H2,1-3H3/b11-8-,20-17-,24-22-,27-25-,29-28-,32-31-,39-37-. The SMILES string of the molecule is CC/C=C\C/C=C\C/C=C\C/C=C\CCCCCCC(=O)OC(COC(=O)CCCCCCCCCC/C=C\C/C=C\C/C=C\CCCCCCC)COC(=O)CCCCCCCCCCCCC. The molecule has 396 valence electrons. The molecule has 0 heterocycles. The van der Waals surface area contributed by atoms with Crippen molar-refractivity contribution in [1.82, 2.24) is 0 Å². The number of carbonyl (C=O) groups excluding carboxylic acids is 3. The van der Waals surface area contributed by atoms with Gasteiger partial charge in [0.25, 0.3) is 0 Å². The van der Waals surface area contributed by atoms with Crippen molar-refractivity contribution in [2.45, 2.75) is 284 Å². The molecule has 0 fully saturated rings. The van der Waals surface area contributed by atoms with Crippen LogP contribution in [0.25, 0.3) is 0 Å². The van der Waals surface area contributed by atoms with Crippen LogP contribution in [0, 0.1) is 0 Å². The van der Waals surface area contributed by atoms with Gasteiger partial charge in [0.2, 0.25) is 0 Å². The van der Waals surface area contributed by atoms with E-state index in [9.17, 15) is 14.4 Å². The number of ether oxygens (including phenoxy) is 3. The highest BCUT2D eigenvalue weighted by Crippen LogP contribution is 2.15. The monoisotopic (exact) mass is 961 g/mol. The lowest BCUT2D eigenvalue weighted by atomic mass is 10.1. The summed E-state index contributed by atoms with van der Waals surface area (Å²) >= 11 is 0. The fourth-order valence-electron chi connectivity index (χ4n) is 8.03. The number of hydrogen-bond acceptors (Lipinski definition) is 6. The third kappa shape index (κ3) is 55.4. The van der Waals surface area contributed by atoms with Crippen LogP contribution in [0.15, 0.2) is 85.1 Å². The molecule has 6 nitrogen and oxygen atoms in total. The van der Waals surface area contributed by atoms with Crippen LogP contribution in [0.4, 0.5) is 0 Å². The Bertz CT molecular complexity index is 1330. The summed E-state index contributed by atoms with van der Waals surface area (Å²) in [5.74, 6) is -0.914. The summed E-state index contributed by atoms with van der Waals surface area (Å²) in [7, 11) is 0. The minimum Gasteiger partial charge on any atom is -0.462 e. The highest BCUT2D eigenvalue weighted by Gasteiger charge is 2.19. The molecule has 0 aliphatic heterocycles. The molecule has 0 amide bonds. The van der Waals surface area contributed by atoms with Crippen LogP contribution in [0.1, 0.15) is 278 Å². The maximum Gasteiger partial charge on any atom is 0.306 e. The predicted octanol–water partition coefficient (Wildman–Crippen LogP) is 19.5. The Balaban J connectivity index is 4.36. The van der Waals surface area contributed by atoms with E-state index < -0.39 is 6.10 Å². The van der Waals surface area contributed by atoms with E-state index in [1.54, 1.807) is 0 Å². The van der Waals surface area contributed by atoms with Crippen molar-refractivity contribution in [3.05, 3.63) is 85.1 Å². The van der Waals surface area contributed by atoms with Gasteiger partial charge in [0.05, 0.1) is 0 Å². The third-order valence-corrected chi connectivity index (χ3v) is 12.4. The normalized spacial score (nSPS) is 12.7. The van der Waals surface area contributed by atoms with Crippen molar-refractivity contribution >= 4 is 17.9 Å². The maximum atomic E-state index is 12.8. The van der Waals surface area contributed by atoms with E-state index in [2.05, 4.69) is 106 Å². The van der Waals surface area contributed by atoms with Crippen molar-refractivity contribution in [3.8, 4) is 0 Å². The van der Waals surface area contributed by atoms with E-state index in [1.165, 1.54) is 122 Å². The van der Waals surface area contributed by atoms with Gasteiger partial charge >= 0.3 is 17.9 Å². The fourth-order valence-corrected chi connectivity index (χ4v) is 8.03. The minimum absolute atomic E-state index is 0.0875. The van der Waals surface area contributed by atoms with Crippen LogP contribution in [0.5, 0.6) is 0 Å². The fraction of sp³-hybridized carbons (Fsp3) is 0.730. The zero-order valence-electron chi connectivity index (χ0n) is 45.3. The molecule has 0 aliphatic rings. The lowest BCUT2D eigenvalue weighted by Crippen LogP contribution is -2.30. The van der Waals surface area contributed by atoms with Crippen molar-refractivity contribution in [3.63, 3.8) is 0 Å². The summed E-state index contributed by atoms with van der Waals surface area (Å²) in [5, 5.41) is 0. The number of allylic oxidation sites excluding steroid dienone is 14. The molecular formula is C63H108O6. The molecule has 1 atom stereocenters. The van der Waals surface area contributed by atoms with Crippen LogP contribution < -0.4 is 0 Å². The largest absolute Gasteiger partial charge is 0.462 e. The molecule has 0 aromatic rings. The molecule has 0 aromatic carbocycles. The smallest absolute Gasteiger partial charge is 0.306 e. The first-order chi connectivity index (χ1) is 34.0. The molecule has 0 bridgehead atoms. The predicted molar refractivity (Wildman–Crippen MR) is 297 cm³/mol. The number of hydrogen-bond donors (Lipinski definition) is 0. The molecule has 0 N–H and O–H groups in total. The lowest BCUT2D eigenvalue weighted by molar-refractivity contribution is -0.167. The van der Waals surface area contributed by atoms with Gasteiger partial charge in [-0.2, -0.15) is 0 Å². The molecule has 0 aliphatic carbocycles. The van der Waals surface area contributed by atoms with E-state index in [0.29, 0.717) is 19.3 Å². The first kappa shape index (κ1) is 65.6. The second-order valence-corrected chi connectivity index (χ2v) is 19.2. The zero-order chi connectivity index (χ0) is 50.0. The number of rotatable bonds is 52. The molecule has 0 saturated heterocycles. The Morgan fingerprint density at radius 3 is 0.884 bits per heavy atom. The Morgan fingerprint density at radius 2 is 0.565 bits per heavy atom. The van der Waals surface area contributed by atoms with Gasteiger partial charge in [-0.1, -0.05) is 247 Å². The lowest BCUT2D eigenvalue weighted by Gasteiger charge is -2.18. The Kier molecular flexibility index (Phi) is 54.3. The highest BCUT2D eigenvalue weighted by atomic mass is 16.6. The summed E-state index contributed by atoms with van der Waals surface area (Å²) in [4.78, 5) is 38.1. The highest BCUT2D eigenvalue weighted by molar-refractivity contribution is 5.71. The number of unbranched alkanes of at least 4 members (excludes halogenated alkanes) is 27. The minimum atomic E-state index is -0.791. The summed E-state index contributed by atoms with van der Waals surface area (Å²) in [6, 6.07) is 0. The van der Waals surface area contributed by atoms with Crippen LogP contribution in [-0.4, -0.2) is 37.2 Å². The van der Waals surface area contributed by atoms with Gasteiger partial charge in [0.15, 0.2) is 6.10 Å². The van der Waals surface area contributed by atoms with Gasteiger partial charge in [0, 0.05) is 19.3 Å². The average Bonchev–Trinajstić information content (AvgIpc) is 3.35. The topological polar surface area (TPSA) is 78.9 Å². The molecule has 0 radical (unpaired) electrons. The average molecular weight is 962 g/mol. The Labute approximate surface area is 426 Å². The molecule has 0 aromatic heterocycles. The van der Waals surface area contributed by atoms with Crippen LogP contribution in [-0.2, 0) is 28.6 Å². The van der Waals surface area contributed by atoms with Crippen LogP contribution >= 0.6 is 0 Å². The summed E-state index contributed by atoms with van der Waals surface area (Å²) in [6.07, 6.45) is 74.3. The number of carbonyl (C=O) groups is 3. The molecule has 1 unspecified atom stereocenters. The van der Waals surface area contributed by atoms with Crippen molar-refractivity contribution in [1.29, 1.82) is 0 Å². The molecule has 69 heavy (non-hydrogen) atoms. The zero-order valence-corrected chi connectivity index (χ0v) is 45.3. The van der Waals surface area contributed by atoms with Gasteiger partial charge in [-0.05, 0) is 96.3 Å². The van der Waals surface area contributed by atoms with Gasteiger partial charge < -0.3 is 14.2 Å². The Hall–Kier alpha value is -3.41. The molecule has 0 rings (SSSR count). The number of esters is 3. The van der Waals surface area contributed by atoms with Gasteiger partial charge in [-0.25, -0.2) is 0 Å². The Morgan fingerprint density at radius 1 is 0.304 bits per heavy atom. The molecular weight excluding hydrogens is 853 g/mol. The molecule has 6 heteroatoms. The van der Waals surface area contributed by atoms with Crippen LogP contribution in [0.2, 0.25) is 0 Å². The maximum absolute atomic E-state index is 12.8. The second-order valence-electron chi connectivity index (χ2n) is 19.2. The van der Waals surface area contributed by atoms with E-state index in [1.807, 2.05) is 0 Å². The van der Waals surface area contributed by atoms with Crippen molar-refractivity contribution in [2.75, 3.05) is 13.2 Å². The first-order valence-corrected chi connectivity index (χ1v) is 29.1. The van der Waals surface area contributed by atoms with E-state index >= 15 is 0 Å². The van der Waals surface area contributed by atoms with Crippen LogP contribution in [0.3, 0.4) is 0 Å². The van der Waals surface area contributed by atoms with Gasteiger partial charge in [-0.15, -0.1) is 0 Å². The summed E-state index contributed by atoms with van der Waals surface area (Å²) in [5.41, 5.74) is 0. The summed E-state index contributed by atoms with van der Waals surface area (Å²) in [6.45, 7) is 6.49. The van der Waals surface area contributed by atoms with E-state index in [-0.39, 0.29) is 31.1 Å². The summed E-state index contributed by atoms with van der Waals surface area (Å²) < 4.78 is 16.8. The van der Waals surface area contributed by atoms with Crippen molar-refractivity contribution < 1.29 is 28.6 Å².